The molecular formula is C15H20N2O4. The van der Waals surface area contributed by atoms with Crippen molar-refractivity contribution in [3.05, 3.63) is 24.3 Å². The zero-order valence-electron chi connectivity index (χ0n) is 12.4. The van der Waals surface area contributed by atoms with Crippen molar-refractivity contribution < 1.29 is 19.1 Å². The Morgan fingerprint density at radius 3 is 2.05 bits per heavy atom. The molecule has 0 unspecified atom stereocenters. The van der Waals surface area contributed by atoms with E-state index in [1.807, 2.05) is 0 Å². The smallest absolute Gasteiger partial charge is 0.260 e. The highest BCUT2D eigenvalue weighted by molar-refractivity contribution is 5.78. The number of piperazine rings is 1. The molecule has 0 saturated carbocycles. The summed E-state index contributed by atoms with van der Waals surface area (Å²) in [6.07, 6.45) is 0. The Labute approximate surface area is 124 Å². The Bertz CT molecular complexity index is 493. The fraction of sp³-hybridized carbons (Fsp3) is 0.467. The Balaban J connectivity index is 1.78. The zero-order chi connectivity index (χ0) is 15.2. The number of nitrogens with zero attached hydrogens (tertiary/aromatic N) is 2. The zero-order valence-corrected chi connectivity index (χ0v) is 12.4. The fourth-order valence-corrected chi connectivity index (χ4v) is 2.18. The van der Waals surface area contributed by atoms with Crippen molar-refractivity contribution in [2.24, 2.45) is 0 Å². The molecule has 0 aliphatic carbocycles. The van der Waals surface area contributed by atoms with E-state index in [2.05, 4.69) is 0 Å². The van der Waals surface area contributed by atoms with E-state index in [4.69, 9.17) is 9.47 Å². The van der Waals surface area contributed by atoms with Crippen LogP contribution in [0.4, 0.5) is 0 Å². The summed E-state index contributed by atoms with van der Waals surface area (Å²) in [6, 6.07) is 7.09. The quantitative estimate of drug-likeness (QED) is 0.822. The highest BCUT2D eigenvalue weighted by atomic mass is 16.5. The van der Waals surface area contributed by atoms with Crippen molar-refractivity contribution >= 4 is 11.8 Å². The Morgan fingerprint density at radius 2 is 1.52 bits per heavy atom. The summed E-state index contributed by atoms with van der Waals surface area (Å²) in [6.45, 7) is 3.85. The van der Waals surface area contributed by atoms with E-state index >= 15 is 0 Å². The van der Waals surface area contributed by atoms with E-state index in [0.29, 0.717) is 31.9 Å². The van der Waals surface area contributed by atoms with Crippen LogP contribution in [0.1, 0.15) is 6.92 Å². The predicted molar refractivity (Wildman–Crippen MR) is 77.3 cm³/mol. The van der Waals surface area contributed by atoms with Crippen LogP contribution < -0.4 is 9.47 Å². The maximum absolute atomic E-state index is 12.0. The van der Waals surface area contributed by atoms with Crippen LogP contribution in [0.25, 0.3) is 0 Å². The maximum Gasteiger partial charge on any atom is 0.260 e. The Hall–Kier alpha value is -2.24. The van der Waals surface area contributed by atoms with Gasteiger partial charge < -0.3 is 19.3 Å². The first-order valence-electron chi connectivity index (χ1n) is 6.90. The Kier molecular flexibility index (Phi) is 5.03. The summed E-state index contributed by atoms with van der Waals surface area (Å²) in [5.74, 6) is 1.37. The van der Waals surface area contributed by atoms with Gasteiger partial charge in [0.25, 0.3) is 5.91 Å². The molecule has 0 radical (unpaired) electrons. The van der Waals surface area contributed by atoms with Crippen molar-refractivity contribution in [3.63, 3.8) is 0 Å². The summed E-state index contributed by atoms with van der Waals surface area (Å²) < 4.78 is 10.5. The molecular weight excluding hydrogens is 272 g/mol. The van der Waals surface area contributed by atoms with Gasteiger partial charge in [0, 0.05) is 33.1 Å². The molecule has 1 heterocycles. The number of hydrogen-bond acceptors (Lipinski definition) is 4. The fourth-order valence-electron chi connectivity index (χ4n) is 2.18. The van der Waals surface area contributed by atoms with Gasteiger partial charge in [-0.05, 0) is 24.3 Å². The molecule has 1 aromatic rings. The average Bonchev–Trinajstić information content (AvgIpc) is 2.53. The number of carbonyl (C=O) groups excluding carboxylic acids is 2. The summed E-state index contributed by atoms with van der Waals surface area (Å²) >= 11 is 0. The van der Waals surface area contributed by atoms with Crippen LogP contribution in [0.15, 0.2) is 24.3 Å². The van der Waals surface area contributed by atoms with Crippen LogP contribution in [0.2, 0.25) is 0 Å². The second-order valence-corrected chi connectivity index (χ2v) is 4.85. The lowest BCUT2D eigenvalue weighted by Crippen LogP contribution is -2.51. The number of methoxy groups -OCH3 is 1. The van der Waals surface area contributed by atoms with Crippen molar-refractivity contribution in [2.75, 3.05) is 39.9 Å². The van der Waals surface area contributed by atoms with Crippen LogP contribution in [-0.2, 0) is 9.59 Å². The minimum Gasteiger partial charge on any atom is -0.497 e. The lowest BCUT2D eigenvalue weighted by atomic mass is 10.3. The van der Waals surface area contributed by atoms with Crippen LogP contribution in [0.5, 0.6) is 11.5 Å². The van der Waals surface area contributed by atoms with Gasteiger partial charge in [-0.3, -0.25) is 9.59 Å². The predicted octanol–water partition coefficient (Wildman–Crippen LogP) is 0.765. The summed E-state index contributed by atoms with van der Waals surface area (Å²) in [4.78, 5) is 26.7. The van der Waals surface area contributed by atoms with E-state index in [0.717, 1.165) is 5.75 Å². The molecule has 0 N–H and O–H groups in total. The lowest BCUT2D eigenvalue weighted by molar-refractivity contribution is -0.139. The molecule has 0 atom stereocenters. The molecule has 1 aliphatic heterocycles. The molecule has 1 aliphatic rings. The first kappa shape index (κ1) is 15.2. The maximum atomic E-state index is 12.0. The largest absolute Gasteiger partial charge is 0.497 e. The molecule has 6 nitrogen and oxygen atoms in total. The van der Waals surface area contributed by atoms with E-state index < -0.39 is 0 Å². The van der Waals surface area contributed by atoms with E-state index in [-0.39, 0.29) is 18.4 Å². The standard InChI is InChI=1S/C15H20N2O4/c1-12(18)16-7-9-17(10-8-16)15(19)11-21-14-5-3-13(20-2)4-6-14/h3-6H,7-11H2,1-2H3. The van der Waals surface area contributed by atoms with Crippen molar-refractivity contribution in [3.8, 4) is 11.5 Å². The molecule has 1 fully saturated rings. The summed E-state index contributed by atoms with van der Waals surface area (Å²) in [5, 5.41) is 0. The van der Waals surface area contributed by atoms with Gasteiger partial charge >= 0.3 is 0 Å². The van der Waals surface area contributed by atoms with E-state index in [1.54, 1.807) is 48.1 Å². The van der Waals surface area contributed by atoms with E-state index in [9.17, 15) is 9.59 Å². The lowest BCUT2D eigenvalue weighted by Gasteiger charge is -2.34. The third-order valence-electron chi connectivity index (χ3n) is 3.50. The SMILES string of the molecule is COc1ccc(OCC(=O)N2CCN(C(C)=O)CC2)cc1. The van der Waals surface area contributed by atoms with Gasteiger partial charge in [-0.1, -0.05) is 0 Å². The van der Waals surface area contributed by atoms with Gasteiger partial charge in [0.2, 0.25) is 5.91 Å². The Morgan fingerprint density at radius 1 is 1.00 bits per heavy atom. The number of hydrogen-bond donors (Lipinski definition) is 0. The number of ether oxygens (including phenoxy) is 2. The number of amides is 2. The van der Waals surface area contributed by atoms with Gasteiger partial charge in [0.05, 0.1) is 7.11 Å². The minimum atomic E-state index is -0.0611. The monoisotopic (exact) mass is 292 g/mol. The number of benzene rings is 1. The van der Waals surface area contributed by atoms with Crippen molar-refractivity contribution in [1.82, 2.24) is 9.80 Å². The normalized spacial score (nSPS) is 14.8. The summed E-state index contributed by atoms with van der Waals surface area (Å²) in [7, 11) is 1.60. The van der Waals surface area contributed by atoms with Crippen molar-refractivity contribution in [1.29, 1.82) is 0 Å². The number of carbonyl (C=O) groups is 2. The van der Waals surface area contributed by atoms with Crippen LogP contribution in [-0.4, -0.2) is 61.5 Å². The van der Waals surface area contributed by atoms with Gasteiger partial charge in [0.15, 0.2) is 6.61 Å². The molecule has 0 aromatic heterocycles. The van der Waals surface area contributed by atoms with Gasteiger partial charge in [-0.15, -0.1) is 0 Å². The molecule has 0 bridgehead atoms. The van der Waals surface area contributed by atoms with Crippen LogP contribution in [0, 0.1) is 0 Å². The molecule has 6 heteroatoms. The van der Waals surface area contributed by atoms with Gasteiger partial charge in [-0.25, -0.2) is 0 Å². The third kappa shape index (κ3) is 4.11. The van der Waals surface area contributed by atoms with Crippen LogP contribution in [0.3, 0.4) is 0 Å². The topological polar surface area (TPSA) is 59.1 Å². The highest BCUT2D eigenvalue weighted by Gasteiger charge is 2.22. The first-order valence-corrected chi connectivity index (χ1v) is 6.90. The highest BCUT2D eigenvalue weighted by Crippen LogP contribution is 2.17. The van der Waals surface area contributed by atoms with Crippen LogP contribution >= 0.6 is 0 Å². The molecule has 21 heavy (non-hydrogen) atoms. The number of rotatable bonds is 4. The molecule has 0 spiro atoms. The average molecular weight is 292 g/mol. The molecule has 2 amide bonds. The molecule has 114 valence electrons. The molecule has 1 saturated heterocycles. The van der Waals surface area contributed by atoms with E-state index in [1.165, 1.54) is 0 Å². The summed E-state index contributed by atoms with van der Waals surface area (Å²) in [5.41, 5.74) is 0. The van der Waals surface area contributed by atoms with Crippen molar-refractivity contribution in [2.45, 2.75) is 6.92 Å². The third-order valence-corrected chi connectivity index (χ3v) is 3.50. The van der Waals surface area contributed by atoms with Gasteiger partial charge in [-0.2, -0.15) is 0 Å². The van der Waals surface area contributed by atoms with Gasteiger partial charge in [0.1, 0.15) is 11.5 Å². The second-order valence-electron chi connectivity index (χ2n) is 4.85. The second kappa shape index (κ2) is 6.97. The molecule has 1 aromatic carbocycles. The first-order chi connectivity index (χ1) is 10.1. The molecule has 2 rings (SSSR count). The minimum absolute atomic E-state index is 0.00635.